The molecule has 0 bridgehead atoms. The van der Waals surface area contributed by atoms with Crippen LogP contribution in [0, 0.1) is 17.4 Å². The normalized spacial score (nSPS) is 29.9. The van der Waals surface area contributed by atoms with Crippen LogP contribution in [0.1, 0.15) is 25.7 Å². The Morgan fingerprint density at radius 1 is 1.61 bits per heavy atom. The molecule has 3 nitrogen and oxygen atoms in total. The molecule has 0 heterocycles. The molecule has 0 saturated heterocycles. The molecule has 100 valence electrons. The van der Waals surface area contributed by atoms with Crippen molar-refractivity contribution < 1.29 is 9.13 Å². The minimum absolute atomic E-state index is 0.129. The zero-order chi connectivity index (χ0) is 13.1. The number of nitrogens with zero attached hydrogens (tertiary/aromatic N) is 1. The molecule has 2 aliphatic rings. The standard InChI is InChI=1S/C12H16ClFN2OS/c13-9-3-8(11(6-18)16-15)4-10(14)12(9)17-5-7-1-2-7/h6-8,10-11,15H,1-5H2. The Morgan fingerprint density at radius 2 is 2.33 bits per heavy atom. The SMILES string of the molecule is N=NC(C=S)C1CC(Cl)=C(OCC2CC2)C(F)C1. The third-order valence-corrected chi connectivity index (χ3v) is 4.07. The Kier molecular flexibility index (Phi) is 4.67. The Bertz CT molecular complexity index is 365. The predicted octanol–water partition coefficient (Wildman–Crippen LogP) is 4.01. The largest absolute Gasteiger partial charge is 0.493 e. The van der Waals surface area contributed by atoms with Crippen LogP contribution in [0.25, 0.3) is 0 Å². The van der Waals surface area contributed by atoms with Crippen molar-refractivity contribution in [2.75, 3.05) is 6.61 Å². The zero-order valence-corrected chi connectivity index (χ0v) is 11.5. The summed E-state index contributed by atoms with van der Waals surface area (Å²) in [5.41, 5.74) is 7.04. The van der Waals surface area contributed by atoms with Crippen molar-refractivity contribution in [1.29, 1.82) is 5.53 Å². The van der Waals surface area contributed by atoms with E-state index in [9.17, 15) is 4.39 Å². The molecule has 0 aromatic rings. The molecular weight excluding hydrogens is 275 g/mol. The fourth-order valence-electron chi connectivity index (χ4n) is 2.12. The first-order valence-corrected chi connectivity index (χ1v) is 6.98. The van der Waals surface area contributed by atoms with Crippen molar-refractivity contribution in [2.45, 2.75) is 37.9 Å². The second kappa shape index (κ2) is 6.06. The minimum Gasteiger partial charge on any atom is -0.493 e. The molecule has 0 spiro atoms. The van der Waals surface area contributed by atoms with Gasteiger partial charge in [0.2, 0.25) is 0 Å². The fourth-order valence-corrected chi connectivity index (χ4v) is 2.78. The Morgan fingerprint density at radius 3 is 2.83 bits per heavy atom. The van der Waals surface area contributed by atoms with Gasteiger partial charge in [0.25, 0.3) is 0 Å². The van der Waals surface area contributed by atoms with Gasteiger partial charge < -0.3 is 4.74 Å². The van der Waals surface area contributed by atoms with E-state index in [2.05, 4.69) is 5.11 Å². The molecule has 0 aromatic carbocycles. The maximum atomic E-state index is 14.0. The third kappa shape index (κ3) is 3.26. The van der Waals surface area contributed by atoms with Gasteiger partial charge >= 0.3 is 0 Å². The molecule has 1 fully saturated rings. The molecule has 2 aliphatic carbocycles. The monoisotopic (exact) mass is 290 g/mol. The van der Waals surface area contributed by atoms with Crippen LogP contribution in [0.2, 0.25) is 0 Å². The summed E-state index contributed by atoms with van der Waals surface area (Å²) in [5.74, 6) is 0.729. The maximum Gasteiger partial charge on any atom is 0.158 e. The number of nitrogens with one attached hydrogen (secondary N) is 1. The number of rotatable bonds is 6. The number of thiocarbonyl (C=S) groups is 1. The van der Waals surface area contributed by atoms with E-state index in [1.807, 2.05) is 0 Å². The average molecular weight is 291 g/mol. The van der Waals surface area contributed by atoms with E-state index in [1.165, 1.54) is 5.37 Å². The molecule has 0 aliphatic heterocycles. The number of halogens is 2. The highest BCUT2D eigenvalue weighted by Gasteiger charge is 2.34. The van der Waals surface area contributed by atoms with E-state index < -0.39 is 12.2 Å². The van der Waals surface area contributed by atoms with Crippen LogP contribution in [-0.2, 0) is 4.74 Å². The smallest absolute Gasteiger partial charge is 0.158 e. The van der Waals surface area contributed by atoms with Crippen LogP contribution in [0.3, 0.4) is 0 Å². The van der Waals surface area contributed by atoms with Gasteiger partial charge in [-0.05, 0) is 37.5 Å². The first kappa shape index (κ1) is 13.9. The van der Waals surface area contributed by atoms with Gasteiger partial charge in [-0.25, -0.2) is 9.92 Å². The Labute approximate surface area is 116 Å². The lowest BCUT2D eigenvalue weighted by Crippen LogP contribution is -2.29. The van der Waals surface area contributed by atoms with Gasteiger partial charge in [-0.3, -0.25) is 0 Å². The topological polar surface area (TPSA) is 45.4 Å². The summed E-state index contributed by atoms with van der Waals surface area (Å²) in [5, 5.41) is 5.24. The molecule has 1 saturated carbocycles. The van der Waals surface area contributed by atoms with E-state index in [1.54, 1.807) is 0 Å². The zero-order valence-electron chi connectivity index (χ0n) is 9.94. The van der Waals surface area contributed by atoms with Crippen molar-refractivity contribution in [3.63, 3.8) is 0 Å². The van der Waals surface area contributed by atoms with Crippen molar-refractivity contribution >= 4 is 29.2 Å². The summed E-state index contributed by atoms with van der Waals surface area (Å²) in [7, 11) is 0. The van der Waals surface area contributed by atoms with Crippen molar-refractivity contribution in [3.05, 3.63) is 10.8 Å². The number of alkyl halides is 1. The summed E-state index contributed by atoms with van der Waals surface area (Å²) in [4.78, 5) is 0. The molecule has 0 aromatic heterocycles. The van der Waals surface area contributed by atoms with Crippen LogP contribution >= 0.6 is 23.8 Å². The third-order valence-electron chi connectivity index (χ3n) is 3.45. The second-order valence-corrected chi connectivity index (χ2v) is 5.68. The van der Waals surface area contributed by atoms with Gasteiger partial charge in [0.15, 0.2) is 6.17 Å². The highest BCUT2D eigenvalue weighted by atomic mass is 35.5. The van der Waals surface area contributed by atoms with Gasteiger partial charge in [-0.1, -0.05) is 23.8 Å². The lowest BCUT2D eigenvalue weighted by Gasteiger charge is -2.28. The quantitative estimate of drug-likeness (QED) is 0.593. The van der Waals surface area contributed by atoms with E-state index in [0.717, 1.165) is 12.8 Å². The van der Waals surface area contributed by atoms with Gasteiger partial charge in [0, 0.05) is 5.37 Å². The molecular formula is C12H16ClFN2OS. The first-order chi connectivity index (χ1) is 8.65. The van der Waals surface area contributed by atoms with Crippen LogP contribution in [0.4, 0.5) is 4.39 Å². The van der Waals surface area contributed by atoms with E-state index in [-0.39, 0.29) is 18.1 Å². The van der Waals surface area contributed by atoms with Crippen molar-refractivity contribution in [1.82, 2.24) is 0 Å². The molecule has 3 atom stereocenters. The Hall–Kier alpha value is -0.550. The predicted molar refractivity (Wildman–Crippen MR) is 71.8 cm³/mol. The molecule has 0 radical (unpaired) electrons. The first-order valence-electron chi connectivity index (χ1n) is 6.13. The van der Waals surface area contributed by atoms with Crippen LogP contribution in [0.15, 0.2) is 15.9 Å². The Balaban J connectivity index is 2.00. The van der Waals surface area contributed by atoms with Crippen LogP contribution in [-0.4, -0.2) is 24.2 Å². The van der Waals surface area contributed by atoms with Gasteiger partial charge in [-0.15, -0.1) is 0 Å². The van der Waals surface area contributed by atoms with Gasteiger partial charge in [0.05, 0.1) is 11.6 Å². The number of hydrogen-bond donors (Lipinski definition) is 1. The van der Waals surface area contributed by atoms with Gasteiger partial charge in [0.1, 0.15) is 11.8 Å². The van der Waals surface area contributed by atoms with Gasteiger partial charge in [-0.2, -0.15) is 5.11 Å². The minimum atomic E-state index is -1.20. The molecule has 2 rings (SSSR count). The maximum absolute atomic E-state index is 14.0. The summed E-state index contributed by atoms with van der Waals surface area (Å²) in [6.07, 6.45) is 1.89. The highest BCUT2D eigenvalue weighted by Crippen LogP contribution is 2.38. The fraction of sp³-hybridized carbons (Fsp3) is 0.750. The molecule has 1 N–H and O–H groups in total. The number of hydrogen-bond acceptors (Lipinski definition) is 4. The van der Waals surface area contributed by atoms with E-state index in [4.69, 9.17) is 34.1 Å². The van der Waals surface area contributed by atoms with Crippen LogP contribution < -0.4 is 0 Å². The second-order valence-electron chi connectivity index (χ2n) is 4.95. The van der Waals surface area contributed by atoms with Crippen molar-refractivity contribution in [3.8, 4) is 0 Å². The lowest BCUT2D eigenvalue weighted by molar-refractivity contribution is 0.119. The summed E-state index contributed by atoms with van der Waals surface area (Å²) in [6.45, 7) is 0.566. The highest BCUT2D eigenvalue weighted by molar-refractivity contribution is 7.79. The number of allylic oxidation sites excluding steroid dienone is 2. The van der Waals surface area contributed by atoms with E-state index in [0.29, 0.717) is 24.0 Å². The lowest BCUT2D eigenvalue weighted by atomic mass is 9.87. The van der Waals surface area contributed by atoms with E-state index >= 15 is 0 Å². The van der Waals surface area contributed by atoms with Crippen LogP contribution in [0.5, 0.6) is 0 Å². The number of ether oxygens (including phenoxy) is 1. The molecule has 18 heavy (non-hydrogen) atoms. The molecule has 0 amide bonds. The van der Waals surface area contributed by atoms with Crippen molar-refractivity contribution in [2.24, 2.45) is 17.0 Å². The molecule has 3 unspecified atom stereocenters. The summed E-state index contributed by atoms with van der Waals surface area (Å²) < 4.78 is 19.5. The average Bonchev–Trinajstić information content (AvgIpc) is 3.13. The molecule has 6 heteroatoms. The summed E-state index contributed by atoms with van der Waals surface area (Å²) in [6, 6.07) is -0.433. The summed E-state index contributed by atoms with van der Waals surface area (Å²) >= 11 is 10.9.